The van der Waals surface area contributed by atoms with E-state index >= 15 is 0 Å². The summed E-state index contributed by atoms with van der Waals surface area (Å²) in [5, 5.41) is 29.2. The predicted molar refractivity (Wildman–Crippen MR) is 183 cm³/mol. The Bertz CT molecular complexity index is 1720. The van der Waals surface area contributed by atoms with Crippen LogP contribution in [0.1, 0.15) is 70.4 Å². The summed E-state index contributed by atoms with van der Waals surface area (Å²) in [6.07, 6.45) is 14.6. The summed E-state index contributed by atoms with van der Waals surface area (Å²) in [4.78, 5) is 12.0. The molecule has 4 atom stereocenters. The normalized spacial score (nSPS) is 23.2. The maximum atomic E-state index is 9.68. The highest BCUT2D eigenvalue weighted by Gasteiger charge is 2.42. The van der Waals surface area contributed by atoms with Crippen LogP contribution in [0.3, 0.4) is 0 Å². The zero-order chi connectivity index (χ0) is 34.5. The molecule has 15 heteroatoms. The first kappa shape index (κ1) is 33.8. The Morgan fingerprint density at radius 2 is 1.72 bits per heavy atom. The van der Waals surface area contributed by atoms with Gasteiger partial charge in [0.15, 0.2) is 0 Å². The minimum absolute atomic E-state index is 0.0810. The zero-order valence-corrected chi connectivity index (χ0v) is 28.9. The van der Waals surface area contributed by atoms with Crippen LogP contribution >= 0.6 is 0 Å². The van der Waals surface area contributed by atoms with E-state index in [0.29, 0.717) is 60.5 Å². The van der Waals surface area contributed by atoms with Crippen LogP contribution in [0.2, 0.25) is 0 Å². The van der Waals surface area contributed by atoms with Gasteiger partial charge in [0, 0.05) is 49.6 Å². The smallest absolute Gasteiger partial charge is 0.256 e. The van der Waals surface area contributed by atoms with Crippen LogP contribution in [-0.2, 0) is 16.0 Å². The molecule has 3 fully saturated rings. The van der Waals surface area contributed by atoms with Gasteiger partial charge in [-0.05, 0) is 80.5 Å². The number of ether oxygens (including phenoxy) is 4. The topological polar surface area (TPSA) is 163 Å². The van der Waals surface area contributed by atoms with Crippen molar-refractivity contribution in [2.24, 2.45) is 0 Å². The summed E-state index contributed by atoms with van der Waals surface area (Å²) >= 11 is 0. The largest absolute Gasteiger partial charge is 0.487 e. The molecule has 3 aromatic heterocycles. The number of hydrogen-bond donors (Lipinski definition) is 1. The van der Waals surface area contributed by atoms with Crippen molar-refractivity contribution in [3.05, 3.63) is 48.7 Å². The average Bonchev–Trinajstić information content (AvgIpc) is 3.86. The number of nitriles is 1. The summed E-state index contributed by atoms with van der Waals surface area (Å²) in [5.41, 5.74) is 2.76. The molecular formula is C35H45N11O4. The minimum atomic E-state index is -0.270. The molecule has 1 aliphatic carbocycles. The standard InChI is InChI=1S/C35H45N11O4/c1-23(47-3)12-13-49-34-32(19-45(41-34)28-6-8-29(9-7-28)46-30-10-11-31(46)21-48-20-30)40-35-37-16-27(17-38-35)25-4-5-26(15-36)33(14-25)50-24(2)18-44-22-39-42-43-44/h4-5,14,16-17,19,22-24,28-31H,6-13,18,20-21H2,1-3H3,(H,37,38,40)/t23?,24-,28-,29-,30-,31+/m0/s1. The molecule has 3 aliphatic rings. The third-order valence-electron chi connectivity index (χ3n) is 10.1. The molecule has 2 aliphatic heterocycles. The monoisotopic (exact) mass is 683 g/mol. The lowest BCUT2D eigenvalue weighted by molar-refractivity contribution is -0.0458. The number of benzene rings is 1. The van der Waals surface area contributed by atoms with Gasteiger partial charge in [-0.2, -0.15) is 5.26 Å². The number of anilines is 2. The number of fused-ring (bicyclic) bond motifs is 2. The maximum absolute atomic E-state index is 9.68. The molecule has 15 nitrogen and oxygen atoms in total. The van der Waals surface area contributed by atoms with Crippen LogP contribution < -0.4 is 14.8 Å². The van der Waals surface area contributed by atoms with E-state index in [2.05, 4.69) is 46.5 Å². The van der Waals surface area contributed by atoms with Crippen molar-refractivity contribution in [3.8, 4) is 28.8 Å². The van der Waals surface area contributed by atoms with Gasteiger partial charge in [-0.3, -0.25) is 9.58 Å². The third-order valence-corrected chi connectivity index (χ3v) is 10.1. The molecule has 4 aromatic rings. The second kappa shape index (κ2) is 15.5. The summed E-state index contributed by atoms with van der Waals surface area (Å²) in [6, 6.07) is 9.72. The first-order valence-electron chi connectivity index (χ1n) is 17.6. The predicted octanol–water partition coefficient (Wildman–Crippen LogP) is 4.56. The van der Waals surface area contributed by atoms with Crippen molar-refractivity contribution in [2.75, 3.05) is 32.2 Å². The van der Waals surface area contributed by atoms with E-state index in [1.807, 2.05) is 32.2 Å². The van der Waals surface area contributed by atoms with Crippen LogP contribution in [-0.4, -0.2) is 102 Å². The van der Waals surface area contributed by atoms with Crippen molar-refractivity contribution < 1.29 is 18.9 Å². The van der Waals surface area contributed by atoms with Gasteiger partial charge in [-0.15, -0.1) is 10.2 Å². The van der Waals surface area contributed by atoms with Gasteiger partial charge in [0.2, 0.25) is 5.95 Å². The van der Waals surface area contributed by atoms with E-state index < -0.39 is 0 Å². The lowest BCUT2D eigenvalue weighted by Crippen LogP contribution is -2.52. The number of aromatic nitrogens is 8. The zero-order valence-electron chi connectivity index (χ0n) is 28.9. The number of nitrogens with zero attached hydrogens (tertiary/aromatic N) is 10. The second-order valence-corrected chi connectivity index (χ2v) is 13.5. The molecule has 1 unspecified atom stereocenters. The minimum Gasteiger partial charge on any atom is -0.487 e. The fourth-order valence-electron chi connectivity index (χ4n) is 7.41. The number of nitrogens with one attached hydrogen (secondary N) is 1. The van der Waals surface area contributed by atoms with Crippen molar-refractivity contribution in [1.29, 1.82) is 5.26 Å². The molecule has 1 aromatic carbocycles. The molecule has 2 bridgehead atoms. The van der Waals surface area contributed by atoms with Gasteiger partial charge in [0.1, 0.15) is 29.9 Å². The van der Waals surface area contributed by atoms with E-state index in [9.17, 15) is 5.26 Å². The summed E-state index contributed by atoms with van der Waals surface area (Å²) < 4.78 is 27.2. The van der Waals surface area contributed by atoms with Gasteiger partial charge in [0.05, 0.1) is 50.3 Å². The lowest BCUT2D eigenvalue weighted by Gasteiger charge is -2.43. The van der Waals surface area contributed by atoms with Crippen molar-refractivity contribution in [2.45, 2.75) is 102 Å². The number of hydrogen-bond acceptors (Lipinski definition) is 13. The quantitative estimate of drug-likeness (QED) is 0.197. The average molecular weight is 684 g/mol. The van der Waals surface area contributed by atoms with Crippen molar-refractivity contribution >= 4 is 11.6 Å². The van der Waals surface area contributed by atoms with E-state index in [0.717, 1.165) is 62.1 Å². The third kappa shape index (κ3) is 7.72. The Labute approximate surface area is 291 Å². The van der Waals surface area contributed by atoms with Crippen LogP contribution in [0.25, 0.3) is 11.1 Å². The molecule has 50 heavy (non-hydrogen) atoms. The van der Waals surface area contributed by atoms with Crippen LogP contribution in [0, 0.1) is 11.3 Å². The van der Waals surface area contributed by atoms with Crippen LogP contribution in [0.5, 0.6) is 11.6 Å². The van der Waals surface area contributed by atoms with E-state index in [-0.39, 0.29) is 12.2 Å². The van der Waals surface area contributed by atoms with Gasteiger partial charge in [-0.1, -0.05) is 6.07 Å². The highest BCUT2D eigenvalue weighted by molar-refractivity contribution is 5.67. The Kier molecular flexibility index (Phi) is 10.5. The first-order chi connectivity index (χ1) is 24.5. The molecule has 2 saturated heterocycles. The summed E-state index contributed by atoms with van der Waals surface area (Å²) in [5.74, 6) is 1.42. The molecule has 5 heterocycles. The van der Waals surface area contributed by atoms with Gasteiger partial charge in [0.25, 0.3) is 5.88 Å². The van der Waals surface area contributed by atoms with Crippen molar-refractivity contribution in [3.63, 3.8) is 0 Å². The Morgan fingerprint density at radius 3 is 2.42 bits per heavy atom. The number of rotatable bonds is 14. The second-order valence-electron chi connectivity index (χ2n) is 13.5. The molecule has 0 amide bonds. The Morgan fingerprint density at radius 1 is 0.980 bits per heavy atom. The molecule has 1 N–H and O–H groups in total. The van der Waals surface area contributed by atoms with E-state index in [4.69, 9.17) is 24.0 Å². The van der Waals surface area contributed by atoms with Gasteiger partial charge < -0.3 is 24.3 Å². The lowest BCUT2D eigenvalue weighted by atomic mass is 9.89. The molecule has 0 radical (unpaired) electrons. The number of tetrazole rings is 1. The maximum Gasteiger partial charge on any atom is 0.256 e. The fourth-order valence-corrected chi connectivity index (χ4v) is 7.41. The van der Waals surface area contributed by atoms with Crippen LogP contribution in [0.15, 0.2) is 43.1 Å². The Balaban J connectivity index is 1.03. The van der Waals surface area contributed by atoms with Gasteiger partial charge in [-0.25, -0.2) is 14.6 Å². The molecular weight excluding hydrogens is 638 g/mol. The molecule has 1 saturated carbocycles. The van der Waals surface area contributed by atoms with E-state index in [1.54, 1.807) is 30.3 Å². The van der Waals surface area contributed by atoms with Crippen LogP contribution in [0.4, 0.5) is 11.6 Å². The first-order valence-corrected chi connectivity index (χ1v) is 17.6. The molecule has 0 spiro atoms. The number of methoxy groups -OCH3 is 1. The summed E-state index contributed by atoms with van der Waals surface area (Å²) in [7, 11) is 1.71. The molecule has 264 valence electrons. The SMILES string of the molecule is COC(C)CCOc1nn([C@H]2CC[C@H](N3[C@@H]4CC[C@H]3COC4)CC2)cc1Nc1ncc(-c2ccc(C#N)c(O[C@@H](C)Cn3cnnn3)c2)cn1. The Hall–Kier alpha value is -4.65. The highest BCUT2D eigenvalue weighted by atomic mass is 16.5. The summed E-state index contributed by atoms with van der Waals surface area (Å²) in [6.45, 7) is 6.59. The van der Waals surface area contributed by atoms with E-state index in [1.165, 1.54) is 19.2 Å². The highest BCUT2D eigenvalue weighted by Crippen LogP contribution is 2.39. The van der Waals surface area contributed by atoms with Gasteiger partial charge >= 0.3 is 0 Å². The fraction of sp³-hybridized carbons (Fsp3) is 0.571. The number of morpholine rings is 1. The molecule has 7 rings (SSSR count). The van der Waals surface area contributed by atoms with Crippen molar-refractivity contribution in [1.82, 2.24) is 44.9 Å².